The van der Waals surface area contributed by atoms with E-state index in [1.54, 1.807) is 6.07 Å². The largest absolute Gasteiger partial charge is 0.389 e. The van der Waals surface area contributed by atoms with Gasteiger partial charge in [0.1, 0.15) is 11.9 Å². The number of aliphatic hydroxyl groups is 2. The zero-order valence-electron chi connectivity index (χ0n) is 7.89. The molecule has 0 aliphatic rings. The molecule has 5 heteroatoms. The summed E-state index contributed by atoms with van der Waals surface area (Å²) in [6.45, 7) is -0.136. The predicted octanol–water partition coefficient (Wildman–Crippen LogP) is 0.0504. The highest BCUT2D eigenvalue weighted by Crippen LogP contribution is 2.21. The molecule has 1 aromatic carbocycles. The van der Waals surface area contributed by atoms with Crippen molar-refractivity contribution in [1.82, 2.24) is 0 Å². The van der Waals surface area contributed by atoms with Crippen molar-refractivity contribution in [1.29, 1.82) is 5.26 Å². The SMILES string of the molecule is N#Cc1cc(F)ccc1C(O)C(O)CN. The zero-order valence-corrected chi connectivity index (χ0v) is 7.89. The molecule has 1 aromatic rings. The number of hydrogen-bond donors (Lipinski definition) is 3. The Morgan fingerprint density at radius 2 is 2.13 bits per heavy atom. The second kappa shape index (κ2) is 4.84. The molecule has 4 N–H and O–H groups in total. The van der Waals surface area contributed by atoms with Crippen LogP contribution in [0.25, 0.3) is 0 Å². The molecule has 0 bridgehead atoms. The monoisotopic (exact) mass is 210 g/mol. The fourth-order valence-corrected chi connectivity index (χ4v) is 1.22. The normalized spacial score (nSPS) is 14.3. The first-order chi connectivity index (χ1) is 7.10. The van der Waals surface area contributed by atoms with E-state index < -0.39 is 18.0 Å². The summed E-state index contributed by atoms with van der Waals surface area (Å²) in [5, 5.41) is 27.6. The number of nitriles is 1. The van der Waals surface area contributed by atoms with Gasteiger partial charge in [0.05, 0.1) is 17.7 Å². The number of aliphatic hydroxyl groups excluding tert-OH is 2. The summed E-state index contributed by atoms with van der Waals surface area (Å²) < 4.78 is 12.8. The average molecular weight is 210 g/mol. The molecule has 4 nitrogen and oxygen atoms in total. The number of rotatable bonds is 3. The van der Waals surface area contributed by atoms with Crippen molar-refractivity contribution < 1.29 is 14.6 Å². The molecule has 0 aromatic heterocycles. The first-order valence-electron chi connectivity index (χ1n) is 4.36. The maximum absolute atomic E-state index is 12.8. The van der Waals surface area contributed by atoms with E-state index in [1.165, 1.54) is 6.07 Å². The molecule has 0 fully saturated rings. The molecule has 80 valence electrons. The highest BCUT2D eigenvalue weighted by Gasteiger charge is 2.20. The van der Waals surface area contributed by atoms with Gasteiger partial charge in [0, 0.05) is 12.1 Å². The lowest BCUT2D eigenvalue weighted by molar-refractivity contribution is 0.0241. The van der Waals surface area contributed by atoms with Gasteiger partial charge in [-0.15, -0.1) is 0 Å². The van der Waals surface area contributed by atoms with Crippen molar-refractivity contribution >= 4 is 0 Å². The van der Waals surface area contributed by atoms with Crippen LogP contribution in [-0.4, -0.2) is 22.9 Å². The molecule has 2 unspecified atom stereocenters. The van der Waals surface area contributed by atoms with Gasteiger partial charge in [-0.05, 0) is 12.1 Å². The van der Waals surface area contributed by atoms with E-state index in [9.17, 15) is 14.6 Å². The van der Waals surface area contributed by atoms with Crippen molar-refractivity contribution in [3.8, 4) is 6.07 Å². The molecule has 0 spiro atoms. The van der Waals surface area contributed by atoms with Crippen LogP contribution in [0.15, 0.2) is 18.2 Å². The second-order valence-corrected chi connectivity index (χ2v) is 3.09. The standard InChI is InChI=1S/C10H11FN2O2/c11-7-1-2-8(6(3-7)4-12)10(15)9(14)5-13/h1-3,9-10,14-15H,5,13H2. The molecular weight excluding hydrogens is 199 g/mol. The maximum atomic E-state index is 12.8. The van der Waals surface area contributed by atoms with Gasteiger partial charge in [-0.25, -0.2) is 4.39 Å². The van der Waals surface area contributed by atoms with E-state index in [-0.39, 0.29) is 17.7 Å². The summed E-state index contributed by atoms with van der Waals surface area (Å²) in [6, 6.07) is 5.12. The van der Waals surface area contributed by atoms with Crippen LogP contribution in [0.2, 0.25) is 0 Å². The van der Waals surface area contributed by atoms with Gasteiger partial charge in [-0.2, -0.15) is 5.26 Å². The van der Waals surface area contributed by atoms with Crippen LogP contribution >= 0.6 is 0 Å². The minimum Gasteiger partial charge on any atom is -0.389 e. The van der Waals surface area contributed by atoms with Crippen molar-refractivity contribution in [3.05, 3.63) is 35.1 Å². The Morgan fingerprint density at radius 1 is 1.47 bits per heavy atom. The second-order valence-electron chi connectivity index (χ2n) is 3.09. The molecule has 0 saturated heterocycles. The zero-order chi connectivity index (χ0) is 11.4. The number of nitrogens with two attached hydrogens (primary N) is 1. The lowest BCUT2D eigenvalue weighted by atomic mass is 9.99. The van der Waals surface area contributed by atoms with E-state index in [0.717, 1.165) is 12.1 Å². The van der Waals surface area contributed by atoms with Gasteiger partial charge in [-0.3, -0.25) is 0 Å². The van der Waals surface area contributed by atoms with Gasteiger partial charge >= 0.3 is 0 Å². The van der Waals surface area contributed by atoms with Gasteiger partial charge in [-0.1, -0.05) is 6.07 Å². The van der Waals surface area contributed by atoms with Crippen LogP contribution in [0.4, 0.5) is 4.39 Å². The third kappa shape index (κ3) is 2.50. The Labute approximate surface area is 86.4 Å². The summed E-state index contributed by atoms with van der Waals surface area (Å²) in [6.07, 6.45) is -2.44. The van der Waals surface area contributed by atoms with Crippen LogP contribution in [0, 0.1) is 17.1 Å². The van der Waals surface area contributed by atoms with Crippen LogP contribution in [0.3, 0.4) is 0 Å². The molecule has 0 heterocycles. The Hall–Kier alpha value is -1.48. The van der Waals surface area contributed by atoms with Gasteiger partial charge < -0.3 is 15.9 Å². The highest BCUT2D eigenvalue weighted by molar-refractivity contribution is 5.39. The number of halogens is 1. The molecule has 0 radical (unpaired) electrons. The van der Waals surface area contributed by atoms with Crippen LogP contribution in [0.5, 0.6) is 0 Å². The molecule has 0 aliphatic heterocycles. The number of benzene rings is 1. The minimum atomic E-state index is -1.27. The first-order valence-corrected chi connectivity index (χ1v) is 4.36. The Kier molecular flexibility index (Phi) is 3.74. The van der Waals surface area contributed by atoms with Crippen molar-refractivity contribution in [2.45, 2.75) is 12.2 Å². The molecule has 0 amide bonds. The molecule has 0 aliphatic carbocycles. The highest BCUT2D eigenvalue weighted by atomic mass is 19.1. The van der Waals surface area contributed by atoms with Crippen LogP contribution in [-0.2, 0) is 0 Å². The Bertz CT molecular complexity index is 389. The van der Waals surface area contributed by atoms with Gasteiger partial charge in [0.25, 0.3) is 0 Å². The molecule has 1 rings (SSSR count). The summed E-state index contributed by atoms with van der Waals surface area (Å²) in [7, 11) is 0. The van der Waals surface area contributed by atoms with Gasteiger partial charge in [0.2, 0.25) is 0 Å². The topological polar surface area (TPSA) is 90.3 Å². The molecule has 15 heavy (non-hydrogen) atoms. The van der Waals surface area contributed by atoms with Crippen molar-refractivity contribution in [3.63, 3.8) is 0 Å². The Morgan fingerprint density at radius 3 is 2.67 bits per heavy atom. The Balaban J connectivity index is 3.09. The molecule has 0 saturated carbocycles. The van der Waals surface area contributed by atoms with Gasteiger partial charge in [0.15, 0.2) is 0 Å². The lowest BCUT2D eigenvalue weighted by Gasteiger charge is -2.17. The van der Waals surface area contributed by atoms with Crippen LogP contribution in [0.1, 0.15) is 17.2 Å². The minimum absolute atomic E-state index is 0.00463. The lowest BCUT2D eigenvalue weighted by Crippen LogP contribution is -2.27. The van der Waals surface area contributed by atoms with E-state index in [2.05, 4.69) is 0 Å². The summed E-state index contributed by atoms with van der Waals surface area (Å²) >= 11 is 0. The average Bonchev–Trinajstić information content (AvgIpc) is 2.26. The van der Waals surface area contributed by atoms with Crippen molar-refractivity contribution in [2.24, 2.45) is 5.73 Å². The van der Waals surface area contributed by atoms with E-state index in [4.69, 9.17) is 11.0 Å². The van der Waals surface area contributed by atoms with Crippen molar-refractivity contribution in [2.75, 3.05) is 6.54 Å². The predicted molar refractivity (Wildman–Crippen MR) is 51.1 cm³/mol. The fraction of sp³-hybridized carbons (Fsp3) is 0.300. The fourth-order valence-electron chi connectivity index (χ4n) is 1.22. The summed E-state index contributed by atoms with van der Waals surface area (Å²) in [5.74, 6) is -0.565. The maximum Gasteiger partial charge on any atom is 0.124 e. The molecule has 2 atom stereocenters. The summed E-state index contributed by atoms with van der Waals surface area (Å²) in [5.41, 5.74) is 5.34. The smallest absolute Gasteiger partial charge is 0.124 e. The third-order valence-corrected chi connectivity index (χ3v) is 2.06. The third-order valence-electron chi connectivity index (χ3n) is 2.06. The summed E-state index contributed by atoms with van der Waals surface area (Å²) in [4.78, 5) is 0. The number of hydrogen-bond acceptors (Lipinski definition) is 4. The van der Waals surface area contributed by atoms with E-state index >= 15 is 0 Å². The first kappa shape index (κ1) is 11.6. The van der Waals surface area contributed by atoms with E-state index in [0.29, 0.717) is 0 Å². The quantitative estimate of drug-likeness (QED) is 0.657. The number of nitrogens with zero attached hydrogens (tertiary/aromatic N) is 1. The van der Waals surface area contributed by atoms with Crippen LogP contribution < -0.4 is 5.73 Å². The van der Waals surface area contributed by atoms with E-state index in [1.807, 2.05) is 0 Å². The molecular formula is C10H11FN2O2.